The summed E-state index contributed by atoms with van der Waals surface area (Å²) in [5.41, 5.74) is 1.65. The number of nitrogens with zero attached hydrogens (tertiary/aromatic N) is 1. The quantitative estimate of drug-likeness (QED) is 0.494. The summed E-state index contributed by atoms with van der Waals surface area (Å²) in [5, 5.41) is 10.5. The molecule has 0 radical (unpaired) electrons. The standard InChI is InChI=1S/C29H45FN4O/c1-3-15-31-22-13-16-34(17-14-22)24-10-6-9-23(18-24)32-28(35)25-19-29(21-7-4-5-8-21)26(30)12-11-20(2)27(29)33-25/h6,9-10,18,20-22,25-27,31,33H,3-5,7-8,11-17,19H2,1-2H3,(H,32,35). The van der Waals surface area contributed by atoms with Crippen molar-refractivity contribution in [2.45, 2.75) is 102 Å². The molecule has 2 aliphatic carbocycles. The fraction of sp³-hybridized carbons (Fsp3) is 0.759. The van der Waals surface area contributed by atoms with Crippen LogP contribution in [0.1, 0.15) is 78.1 Å². The summed E-state index contributed by atoms with van der Waals surface area (Å²) >= 11 is 0. The number of carbonyl (C=O) groups is 1. The van der Waals surface area contributed by atoms with Crippen LogP contribution >= 0.6 is 0 Å². The van der Waals surface area contributed by atoms with E-state index in [1.165, 1.54) is 24.9 Å². The number of piperidine rings is 1. The van der Waals surface area contributed by atoms with Crippen LogP contribution in [0.3, 0.4) is 0 Å². The van der Waals surface area contributed by atoms with Gasteiger partial charge in [0.1, 0.15) is 6.17 Å². The number of nitrogens with one attached hydrogen (secondary N) is 3. The fourth-order valence-corrected chi connectivity index (χ4v) is 7.78. The summed E-state index contributed by atoms with van der Waals surface area (Å²) in [6, 6.07) is 8.66. The van der Waals surface area contributed by atoms with E-state index in [1.54, 1.807) is 0 Å². The van der Waals surface area contributed by atoms with Crippen molar-refractivity contribution in [1.82, 2.24) is 10.6 Å². The van der Waals surface area contributed by atoms with Crippen LogP contribution < -0.4 is 20.9 Å². The lowest BCUT2D eigenvalue weighted by Gasteiger charge is -2.49. The molecule has 5 rings (SSSR count). The predicted octanol–water partition coefficient (Wildman–Crippen LogP) is 5.27. The number of amides is 1. The van der Waals surface area contributed by atoms with Gasteiger partial charge in [0.15, 0.2) is 0 Å². The van der Waals surface area contributed by atoms with Gasteiger partial charge in [-0.15, -0.1) is 0 Å². The zero-order valence-corrected chi connectivity index (χ0v) is 21.7. The van der Waals surface area contributed by atoms with E-state index in [1.807, 2.05) is 12.1 Å². The van der Waals surface area contributed by atoms with Crippen LogP contribution in [-0.2, 0) is 4.79 Å². The minimum absolute atomic E-state index is 0.00389. The molecule has 3 N–H and O–H groups in total. The first-order chi connectivity index (χ1) is 17.0. The number of benzene rings is 1. The molecule has 2 heterocycles. The van der Waals surface area contributed by atoms with Crippen molar-refractivity contribution in [3.63, 3.8) is 0 Å². The molecule has 35 heavy (non-hydrogen) atoms. The summed E-state index contributed by atoms with van der Waals surface area (Å²) in [7, 11) is 0. The summed E-state index contributed by atoms with van der Waals surface area (Å²) in [6.07, 6.45) is 9.51. The number of carbonyl (C=O) groups excluding carboxylic acids is 1. The van der Waals surface area contributed by atoms with Gasteiger partial charge in [-0.3, -0.25) is 4.79 Å². The Kier molecular flexibility index (Phi) is 7.69. The minimum Gasteiger partial charge on any atom is -0.371 e. The normalized spacial score (nSPS) is 34.2. The third-order valence-electron chi connectivity index (χ3n) is 9.63. The second-order valence-electron chi connectivity index (χ2n) is 11.8. The Morgan fingerprint density at radius 1 is 1.14 bits per heavy atom. The first-order valence-corrected chi connectivity index (χ1v) is 14.3. The lowest BCUT2D eigenvalue weighted by atomic mass is 9.58. The van der Waals surface area contributed by atoms with E-state index in [4.69, 9.17) is 0 Å². The van der Waals surface area contributed by atoms with Crippen molar-refractivity contribution >= 4 is 17.3 Å². The zero-order valence-electron chi connectivity index (χ0n) is 21.7. The van der Waals surface area contributed by atoms with Crippen LogP contribution in [0.2, 0.25) is 0 Å². The molecule has 0 spiro atoms. The van der Waals surface area contributed by atoms with Gasteiger partial charge in [0.2, 0.25) is 5.91 Å². The van der Waals surface area contributed by atoms with E-state index >= 15 is 4.39 Å². The number of hydrogen-bond donors (Lipinski definition) is 3. The van der Waals surface area contributed by atoms with Gasteiger partial charge in [-0.2, -0.15) is 0 Å². The van der Waals surface area contributed by atoms with Crippen molar-refractivity contribution in [3.8, 4) is 0 Å². The van der Waals surface area contributed by atoms with Gasteiger partial charge in [-0.25, -0.2) is 4.39 Å². The molecular weight excluding hydrogens is 439 g/mol. The summed E-state index contributed by atoms with van der Waals surface area (Å²) in [6.45, 7) is 7.61. The second-order valence-corrected chi connectivity index (χ2v) is 11.8. The number of fused-ring (bicyclic) bond motifs is 1. The summed E-state index contributed by atoms with van der Waals surface area (Å²) in [5.74, 6) is 0.822. The van der Waals surface area contributed by atoms with Gasteiger partial charge in [0, 0.05) is 42.0 Å². The van der Waals surface area contributed by atoms with E-state index in [0.717, 1.165) is 57.4 Å². The molecule has 0 bridgehead atoms. The highest BCUT2D eigenvalue weighted by Crippen LogP contribution is 2.57. The van der Waals surface area contributed by atoms with E-state index in [-0.39, 0.29) is 23.4 Å². The predicted molar refractivity (Wildman–Crippen MR) is 142 cm³/mol. The monoisotopic (exact) mass is 484 g/mol. The van der Waals surface area contributed by atoms with Crippen molar-refractivity contribution in [2.75, 3.05) is 29.9 Å². The smallest absolute Gasteiger partial charge is 0.241 e. The molecule has 2 saturated carbocycles. The average Bonchev–Trinajstić information content (AvgIpc) is 3.55. The maximum Gasteiger partial charge on any atom is 0.241 e. The molecule has 2 aliphatic heterocycles. The van der Waals surface area contributed by atoms with E-state index in [9.17, 15) is 4.79 Å². The summed E-state index contributed by atoms with van der Waals surface area (Å²) < 4.78 is 15.7. The lowest BCUT2D eigenvalue weighted by molar-refractivity contribution is -0.118. The molecule has 1 aromatic carbocycles. The highest BCUT2D eigenvalue weighted by molar-refractivity contribution is 5.95. The molecule has 5 atom stereocenters. The first-order valence-electron chi connectivity index (χ1n) is 14.3. The molecule has 5 unspecified atom stereocenters. The van der Waals surface area contributed by atoms with Crippen LogP contribution in [0, 0.1) is 17.3 Å². The van der Waals surface area contributed by atoms with Crippen LogP contribution in [-0.4, -0.2) is 49.8 Å². The first kappa shape index (κ1) is 25.0. The van der Waals surface area contributed by atoms with Gasteiger partial charge in [-0.1, -0.05) is 32.8 Å². The fourth-order valence-electron chi connectivity index (χ4n) is 7.78. The molecule has 6 heteroatoms. The Morgan fingerprint density at radius 2 is 1.91 bits per heavy atom. The van der Waals surface area contributed by atoms with Crippen LogP contribution in [0.15, 0.2) is 24.3 Å². The molecule has 2 saturated heterocycles. The largest absolute Gasteiger partial charge is 0.371 e. The Balaban J connectivity index is 1.24. The Morgan fingerprint density at radius 3 is 2.66 bits per heavy atom. The molecule has 4 aliphatic rings. The highest BCUT2D eigenvalue weighted by atomic mass is 19.1. The van der Waals surface area contributed by atoms with Crippen molar-refractivity contribution < 1.29 is 9.18 Å². The molecule has 0 aromatic heterocycles. The maximum atomic E-state index is 15.7. The van der Waals surface area contributed by atoms with Gasteiger partial charge in [-0.05, 0) is 87.9 Å². The second kappa shape index (κ2) is 10.8. The van der Waals surface area contributed by atoms with Crippen LogP contribution in [0.4, 0.5) is 15.8 Å². The van der Waals surface area contributed by atoms with E-state index in [2.05, 4.69) is 46.8 Å². The molecular formula is C29H45FN4O. The zero-order chi connectivity index (χ0) is 24.4. The number of rotatable bonds is 7. The third kappa shape index (κ3) is 4.98. The third-order valence-corrected chi connectivity index (χ3v) is 9.63. The van der Waals surface area contributed by atoms with Crippen LogP contribution in [0.25, 0.3) is 0 Å². The van der Waals surface area contributed by atoms with E-state index < -0.39 is 6.17 Å². The molecule has 194 valence electrons. The van der Waals surface area contributed by atoms with Gasteiger partial charge >= 0.3 is 0 Å². The van der Waals surface area contributed by atoms with E-state index in [0.29, 0.717) is 30.7 Å². The molecule has 1 amide bonds. The number of halogens is 1. The van der Waals surface area contributed by atoms with Crippen molar-refractivity contribution in [1.29, 1.82) is 0 Å². The lowest BCUT2D eigenvalue weighted by Crippen LogP contribution is -2.54. The van der Waals surface area contributed by atoms with Crippen molar-refractivity contribution in [3.05, 3.63) is 24.3 Å². The topological polar surface area (TPSA) is 56.4 Å². The summed E-state index contributed by atoms with van der Waals surface area (Å²) in [4.78, 5) is 15.9. The van der Waals surface area contributed by atoms with Crippen LogP contribution in [0.5, 0.6) is 0 Å². The van der Waals surface area contributed by atoms with Gasteiger partial charge in [0.05, 0.1) is 6.04 Å². The molecule has 4 fully saturated rings. The minimum atomic E-state index is -0.796. The number of alkyl halides is 1. The maximum absolute atomic E-state index is 15.7. The number of hydrogen-bond acceptors (Lipinski definition) is 4. The molecule has 1 aromatic rings. The van der Waals surface area contributed by atoms with Gasteiger partial charge in [0.25, 0.3) is 0 Å². The SMILES string of the molecule is CCCNC1CCN(c2cccc(NC(=O)C3CC4(C5CCCC5)C(F)CCC(C)C4N3)c2)CC1. The Labute approximate surface area is 211 Å². The Bertz CT molecular complexity index is 866. The van der Waals surface area contributed by atoms with Gasteiger partial charge < -0.3 is 20.9 Å². The molecule has 5 nitrogen and oxygen atoms in total. The number of anilines is 2. The Hall–Kier alpha value is -1.66. The van der Waals surface area contributed by atoms with Crippen molar-refractivity contribution in [2.24, 2.45) is 17.3 Å². The average molecular weight is 485 g/mol. The highest BCUT2D eigenvalue weighted by Gasteiger charge is 2.61.